The fraction of sp³-hybridized carbons (Fsp3) is 0.158. The van der Waals surface area contributed by atoms with Crippen LogP contribution in [0.2, 0.25) is 5.15 Å². The second-order valence-corrected chi connectivity index (χ2v) is 6.41. The number of halogens is 1. The van der Waals surface area contributed by atoms with E-state index < -0.39 is 0 Å². The van der Waals surface area contributed by atoms with Gasteiger partial charge in [0.25, 0.3) is 0 Å². The van der Waals surface area contributed by atoms with E-state index in [-0.39, 0.29) is 0 Å². The van der Waals surface area contributed by atoms with Gasteiger partial charge < -0.3 is 15.0 Å². The topological polar surface area (TPSA) is 88.6 Å². The van der Waals surface area contributed by atoms with Gasteiger partial charge in [0.1, 0.15) is 16.5 Å². The van der Waals surface area contributed by atoms with Crippen LogP contribution in [-0.2, 0) is 13.0 Å². The zero-order chi connectivity index (χ0) is 18.6. The lowest BCUT2D eigenvalue weighted by molar-refractivity contribution is 0.413. The number of nitrogens with one attached hydrogen (secondary N) is 2. The van der Waals surface area contributed by atoms with Crippen molar-refractivity contribution < 1.29 is 4.74 Å². The summed E-state index contributed by atoms with van der Waals surface area (Å²) >= 11 is 5.79. The number of hydrogen-bond donors (Lipinski definition) is 2. The zero-order valence-electron chi connectivity index (χ0n) is 14.6. The Balaban J connectivity index is 1.44. The zero-order valence-corrected chi connectivity index (χ0v) is 15.4. The van der Waals surface area contributed by atoms with Gasteiger partial charge in [0.05, 0.1) is 13.3 Å². The van der Waals surface area contributed by atoms with Crippen molar-refractivity contribution in [3.8, 4) is 5.75 Å². The lowest BCUT2D eigenvalue weighted by atomic mass is 10.1. The highest BCUT2D eigenvalue weighted by atomic mass is 35.5. The molecule has 0 amide bonds. The van der Waals surface area contributed by atoms with Crippen LogP contribution in [0.25, 0.3) is 11.0 Å². The van der Waals surface area contributed by atoms with Gasteiger partial charge >= 0.3 is 0 Å². The lowest BCUT2D eigenvalue weighted by Gasteiger charge is -2.06. The molecule has 27 heavy (non-hydrogen) atoms. The molecule has 0 aliphatic carbocycles. The highest BCUT2D eigenvalue weighted by Crippen LogP contribution is 2.23. The molecule has 0 saturated heterocycles. The molecular weight excluding hydrogens is 364 g/mol. The van der Waals surface area contributed by atoms with E-state index in [9.17, 15) is 0 Å². The Hall–Kier alpha value is -3.19. The van der Waals surface area contributed by atoms with Crippen LogP contribution >= 0.6 is 11.6 Å². The van der Waals surface area contributed by atoms with E-state index in [0.29, 0.717) is 24.1 Å². The van der Waals surface area contributed by atoms with Crippen LogP contribution in [0.4, 0.5) is 5.95 Å². The first-order chi connectivity index (χ1) is 13.2. The van der Waals surface area contributed by atoms with Crippen LogP contribution in [0.3, 0.4) is 0 Å². The molecule has 0 atom stereocenters. The molecule has 136 valence electrons. The minimum atomic E-state index is 0.476. The van der Waals surface area contributed by atoms with Crippen molar-refractivity contribution in [2.45, 2.75) is 13.0 Å². The fourth-order valence-electron chi connectivity index (χ4n) is 2.75. The van der Waals surface area contributed by atoms with Crippen molar-refractivity contribution in [3.05, 3.63) is 71.0 Å². The Morgan fingerprint density at radius 3 is 2.59 bits per heavy atom. The number of aromatic nitrogens is 5. The molecule has 0 spiro atoms. The Morgan fingerprint density at radius 2 is 1.85 bits per heavy atom. The number of nitrogens with zero attached hydrogens (tertiary/aromatic N) is 4. The fourth-order valence-corrected chi connectivity index (χ4v) is 2.86. The van der Waals surface area contributed by atoms with Gasteiger partial charge in [0, 0.05) is 43.1 Å². The maximum Gasteiger partial charge on any atom is 0.222 e. The molecule has 0 aliphatic rings. The second kappa shape index (κ2) is 7.59. The SMILES string of the molecule is COc1cnc2[nH]cc(Cc3cnc(NCc4ccc(Cl)nc4)nc3)c2c1. The van der Waals surface area contributed by atoms with Crippen LogP contribution in [0.1, 0.15) is 16.7 Å². The minimum Gasteiger partial charge on any atom is -0.495 e. The van der Waals surface area contributed by atoms with E-state index in [1.807, 2.05) is 30.7 Å². The molecule has 0 aromatic carbocycles. The van der Waals surface area contributed by atoms with Gasteiger partial charge in [0.15, 0.2) is 0 Å². The van der Waals surface area contributed by atoms with E-state index in [2.05, 4.69) is 30.2 Å². The van der Waals surface area contributed by atoms with Gasteiger partial charge in [-0.1, -0.05) is 17.7 Å². The standard InChI is InChI=1S/C19H17ClN6O/c1-27-15-5-16-14(10-22-18(16)23-11-15)4-13-8-25-19(26-9-13)24-7-12-2-3-17(20)21-6-12/h2-3,5-6,8-11H,4,7H2,1H3,(H,22,23)(H,24,25,26). The van der Waals surface area contributed by atoms with E-state index in [1.165, 1.54) is 0 Å². The van der Waals surface area contributed by atoms with Crippen molar-refractivity contribution in [1.29, 1.82) is 0 Å². The highest BCUT2D eigenvalue weighted by Gasteiger charge is 2.08. The van der Waals surface area contributed by atoms with Crippen molar-refractivity contribution in [1.82, 2.24) is 24.9 Å². The van der Waals surface area contributed by atoms with Gasteiger partial charge in [-0.25, -0.2) is 19.9 Å². The summed E-state index contributed by atoms with van der Waals surface area (Å²) in [6, 6.07) is 5.65. The molecule has 4 heterocycles. The predicted molar refractivity (Wildman–Crippen MR) is 104 cm³/mol. The lowest BCUT2D eigenvalue weighted by Crippen LogP contribution is -2.04. The quantitative estimate of drug-likeness (QED) is 0.497. The summed E-state index contributed by atoms with van der Waals surface area (Å²) in [5.41, 5.74) is 3.97. The third-order valence-corrected chi connectivity index (χ3v) is 4.39. The molecule has 4 aromatic heterocycles. The van der Waals surface area contributed by atoms with Crippen LogP contribution in [0, 0.1) is 0 Å². The molecule has 0 aliphatic heterocycles. The van der Waals surface area contributed by atoms with E-state index in [4.69, 9.17) is 16.3 Å². The van der Waals surface area contributed by atoms with Crippen LogP contribution in [0.5, 0.6) is 5.75 Å². The van der Waals surface area contributed by atoms with Crippen LogP contribution < -0.4 is 10.1 Å². The molecule has 0 bridgehead atoms. The molecule has 4 aromatic rings. The molecule has 0 radical (unpaired) electrons. The number of rotatable bonds is 6. The third kappa shape index (κ3) is 3.98. The summed E-state index contributed by atoms with van der Waals surface area (Å²) in [7, 11) is 1.63. The summed E-state index contributed by atoms with van der Waals surface area (Å²) in [5.74, 6) is 1.30. The highest BCUT2D eigenvalue weighted by molar-refractivity contribution is 6.29. The Kier molecular flexibility index (Phi) is 4.84. The minimum absolute atomic E-state index is 0.476. The van der Waals surface area contributed by atoms with Crippen LogP contribution in [0.15, 0.2) is 49.2 Å². The van der Waals surface area contributed by atoms with Gasteiger partial charge in [-0.2, -0.15) is 0 Å². The molecule has 7 nitrogen and oxygen atoms in total. The van der Waals surface area contributed by atoms with E-state index in [1.54, 1.807) is 25.6 Å². The number of anilines is 1. The number of methoxy groups -OCH3 is 1. The molecule has 8 heteroatoms. The average Bonchev–Trinajstić information content (AvgIpc) is 3.10. The molecule has 4 rings (SSSR count). The van der Waals surface area contributed by atoms with Gasteiger partial charge in [-0.15, -0.1) is 0 Å². The predicted octanol–water partition coefficient (Wildman–Crippen LogP) is 3.61. The smallest absolute Gasteiger partial charge is 0.222 e. The first-order valence-corrected chi connectivity index (χ1v) is 8.74. The number of pyridine rings is 2. The maximum absolute atomic E-state index is 5.79. The summed E-state index contributed by atoms with van der Waals surface area (Å²) < 4.78 is 5.26. The molecular formula is C19H17ClN6O. The molecule has 2 N–H and O–H groups in total. The summed E-state index contributed by atoms with van der Waals surface area (Å²) in [6.45, 7) is 0.581. The molecule has 0 unspecified atom stereocenters. The number of aromatic amines is 1. The molecule has 0 saturated carbocycles. The van der Waals surface area contributed by atoms with E-state index >= 15 is 0 Å². The van der Waals surface area contributed by atoms with Crippen molar-refractivity contribution >= 4 is 28.6 Å². The van der Waals surface area contributed by atoms with Crippen molar-refractivity contribution in [2.75, 3.05) is 12.4 Å². The summed E-state index contributed by atoms with van der Waals surface area (Å²) in [6.07, 6.45) is 9.72. The Labute approximate surface area is 160 Å². The number of H-pyrrole nitrogens is 1. The van der Waals surface area contributed by atoms with Gasteiger partial charge in [-0.3, -0.25) is 0 Å². The number of hydrogen-bond acceptors (Lipinski definition) is 6. The number of fused-ring (bicyclic) bond motifs is 1. The molecule has 0 fully saturated rings. The Bertz CT molecular complexity index is 1050. The van der Waals surface area contributed by atoms with Gasteiger partial charge in [-0.05, 0) is 28.8 Å². The van der Waals surface area contributed by atoms with Crippen LogP contribution in [-0.4, -0.2) is 32.0 Å². The van der Waals surface area contributed by atoms with Crippen molar-refractivity contribution in [2.24, 2.45) is 0 Å². The summed E-state index contributed by atoms with van der Waals surface area (Å²) in [4.78, 5) is 20.4. The average molecular weight is 381 g/mol. The second-order valence-electron chi connectivity index (χ2n) is 6.02. The maximum atomic E-state index is 5.79. The third-order valence-electron chi connectivity index (χ3n) is 4.17. The first kappa shape index (κ1) is 17.2. The largest absolute Gasteiger partial charge is 0.495 e. The first-order valence-electron chi connectivity index (χ1n) is 8.36. The van der Waals surface area contributed by atoms with Crippen molar-refractivity contribution in [3.63, 3.8) is 0 Å². The normalized spacial score (nSPS) is 10.9. The van der Waals surface area contributed by atoms with E-state index in [0.717, 1.165) is 33.5 Å². The Morgan fingerprint density at radius 1 is 1.04 bits per heavy atom. The van der Waals surface area contributed by atoms with Gasteiger partial charge in [0.2, 0.25) is 5.95 Å². The summed E-state index contributed by atoms with van der Waals surface area (Å²) in [5, 5.41) is 4.68. The number of ether oxygens (including phenoxy) is 1. The monoisotopic (exact) mass is 380 g/mol.